The maximum absolute atomic E-state index is 11.5. The lowest BCUT2D eigenvalue weighted by Crippen LogP contribution is -2.30. The first-order valence-electron chi connectivity index (χ1n) is 9.56. The van der Waals surface area contributed by atoms with Gasteiger partial charge < -0.3 is 9.47 Å². The molecule has 0 amide bonds. The summed E-state index contributed by atoms with van der Waals surface area (Å²) in [5, 5.41) is 0. The third kappa shape index (κ3) is 5.48. The van der Waals surface area contributed by atoms with Crippen LogP contribution in [0.4, 0.5) is 4.79 Å². The minimum absolute atomic E-state index is 0.0945. The van der Waals surface area contributed by atoms with Gasteiger partial charge in [0.1, 0.15) is 6.10 Å². The fourth-order valence-corrected chi connectivity index (χ4v) is 4.39. The van der Waals surface area contributed by atoms with E-state index in [9.17, 15) is 4.79 Å². The Hall–Kier alpha value is -0.730. The highest BCUT2D eigenvalue weighted by molar-refractivity contribution is 5.60. The molecule has 0 bridgehead atoms. The van der Waals surface area contributed by atoms with Gasteiger partial charge in [-0.1, -0.05) is 39.5 Å². The molecule has 2 saturated carbocycles. The highest BCUT2D eigenvalue weighted by atomic mass is 16.7. The number of carbonyl (C=O) groups excluding carboxylic acids is 1. The molecule has 0 spiro atoms. The van der Waals surface area contributed by atoms with Gasteiger partial charge in [-0.05, 0) is 62.7 Å². The van der Waals surface area contributed by atoms with Crippen molar-refractivity contribution in [3.8, 4) is 0 Å². The third-order valence-corrected chi connectivity index (χ3v) is 5.66. The molecule has 3 nitrogen and oxygen atoms in total. The first kappa shape index (κ1) is 17.6. The Balaban J connectivity index is 1.64. The highest BCUT2D eigenvalue weighted by Gasteiger charge is 2.31. The molecule has 128 valence electrons. The Morgan fingerprint density at radius 2 is 1.45 bits per heavy atom. The molecule has 2 rings (SSSR count). The Bertz CT molecular complexity index is 313. The van der Waals surface area contributed by atoms with Gasteiger partial charge in [0, 0.05) is 0 Å². The van der Waals surface area contributed by atoms with Crippen molar-refractivity contribution in [1.29, 1.82) is 0 Å². The molecule has 2 fully saturated rings. The van der Waals surface area contributed by atoms with Crippen molar-refractivity contribution in [2.45, 2.75) is 90.6 Å². The first-order chi connectivity index (χ1) is 10.7. The summed E-state index contributed by atoms with van der Waals surface area (Å²) in [5.41, 5.74) is 0. The van der Waals surface area contributed by atoms with Gasteiger partial charge in [0.05, 0.1) is 6.61 Å². The minimum Gasteiger partial charge on any atom is -0.434 e. The molecular weight excluding hydrogens is 276 g/mol. The molecule has 0 heterocycles. The van der Waals surface area contributed by atoms with Crippen molar-refractivity contribution < 1.29 is 14.3 Å². The van der Waals surface area contributed by atoms with Crippen molar-refractivity contribution in [2.24, 2.45) is 17.8 Å². The quantitative estimate of drug-likeness (QED) is 0.589. The maximum Gasteiger partial charge on any atom is 0.508 e. The fraction of sp³-hybridized carbons (Fsp3) is 0.947. The van der Waals surface area contributed by atoms with E-state index in [1.54, 1.807) is 0 Å². The predicted octanol–water partition coefficient (Wildman–Crippen LogP) is 5.71. The van der Waals surface area contributed by atoms with E-state index in [4.69, 9.17) is 9.47 Å². The van der Waals surface area contributed by atoms with Gasteiger partial charge in [-0.25, -0.2) is 4.79 Å². The topological polar surface area (TPSA) is 35.5 Å². The molecule has 0 aromatic carbocycles. The van der Waals surface area contributed by atoms with Crippen LogP contribution in [-0.2, 0) is 9.47 Å². The van der Waals surface area contributed by atoms with Crippen molar-refractivity contribution in [3.63, 3.8) is 0 Å². The van der Waals surface area contributed by atoms with E-state index in [1.807, 2.05) is 6.92 Å². The van der Waals surface area contributed by atoms with Crippen LogP contribution in [0.5, 0.6) is 0 Å². The zero-order chi connectivity index (χ0) is 15.8. The monoisotopic (exact) mass is 310 g/mol. The molecule has 22 heavy (non-hydrogen) atoms. The van der Waals surface area contributed by atoms with E-state index in [-0.39, 0.29) is 6.10 Å². The number of hydrogen-bond donors (Lipinski definition) is 0. The highest BCUT2D eigenvalue weighted by Crippen LogP contribution is 2.41. The van der Waals surface area contributed by atoms with Crippen LogP contribution in [0.25, 0.3) is 0 Å². The van der Waals surface area contributed by atoms with E-state index in [0.29, 0.717) is 6.61 Å². The Morgan fingerprint density at radius 3 is 2.00 bits per heavy atom. The van der Waals surface area contributed by atoms with E-state index in [0.717, 1.165) is 37.0 Å². The number of ether oxygens (including phenoxy) is 2. The van der Waals surface area contributed by atoms with Crippen LogP contribution >= 0.6 is 0 Å². The van der Waals surface area contributed by atoms with Gasteiger partial charge in [0.15, 0.2) is 0 Å². The predicted molar refractivity (Wildman–Crippen MR) is 88.8 cm³/mol. The molecule has 0 radical (unpaired) electrons. The number of hydrogen-bond acceptors (Lipinski definition) is 3. The van der Waals surface area contributed by atoms with Gasteiger partial charge in [0.25, 0.3) is 0 Å². The summed E-state index contributed by atoms with van der Waals surface area (Å²) in [6.07, 6.45) is 13.5. The standard InChI is InChI=1S/C19H34O3/c1-3-5-15-6-8-16(9-7-15)17-10-12-18(13-11-17)22-19(20)21-14-4-2/h15-18H,3-14H2,1-2H3/t15-,16-,17-,18-. The van der Waals surface area contributed by atoms with Gasteiger partial charge in [0.2, 0.25) is 0 Å². The van der Waals surface area contributed by atoms with Crippen molar-refractivity contribution in [2.75, 3.05) is 6.61 Å². The zero-order valence-electron chi connectivity index (χ0n) is 14.5. The second-order valence-electron chi connectivity index (χ2n) is 7.32. The lowest BCUT2D eigenvalue weighted by atomic mass is 9.70. The number of rotatable bonds is 6. The van der Waals surface area contributed by atoms with Crippen LogP contribution < -0.4 is 0 Å². The van der Waals surface area contributed by atoms with Crippen molar-refractivity contribution >= 4 is 6.16 Å². The van der Waals surface area contributed by atoms with Crippen LogP contribution in [0.1, 0.15) is 84.5 Å². The summed E-state index contributed by atoms with van der Waals surface area (Å²) in [6.45, 7) is 4.77. The smallest absolute Gasteiger partial charge is 0.434 e. The maximum atomic E-state index is 11.5. The molecule has 2 aliphatic rings. The molecular formula is C19H34O3. The van der Waals surface area contributed by atoms with E-state index < -0.39 is 6.16 Å². The second-order valence-corrected chi connectivity index (χ2v) is 7.32. The van der Waals surface area contributed by atoms with Crippen molar-refractivity contribution in [3.05, 3.63) is 0 Å². The van der Waals surface area contributed by atoms with E-state index >= 15 is 0 Å². The van der Waals surface area contributed by atoms with E-state index in [1.165, 1.54) is 51.4 Å². The molecule has 3 heteroatoms. The number of carbonyl (C=O) groups is 1. The molecule has 0 atom stereocenters. The minimum atomic E-state index is -0.467. The van der Waals surface area contributed by atoms with Crippen molar-refractivity contribution in [1.82, 2.24) is 0 Å². The molecule has 0 aromatic heterocycles. The van der Waals surface area contributed by atoms with Gasteiger partial charge >= 0.3 is 6.16 Å². The van der Waals surface area contributed by atoms with Gasteiger partial charge in [-0.2, -0.15) is 0 Å². The zero-order valence-corrected chi connectivity index (χ0v) is 14.5. The summed E-state index contributed by atoms with van der Waals surface area (Å²) in [7, 11) is 0. The fourth-order valence-electron chi connectivity index (χ4n) is 4.39. The lowest BCUT2D eigenvalue weighted by molar-refractivity contribution is -0.000364. The third-order valence-electron chi connectivity index (χ3n) is 5.66. The van der Waals surface area contributed by atoms with Gasteiger partial charge in [-0.15, -0.1) is 0 Å². The molecule has 0 N–H and O–H groups in total. The summed E-state index contributed by atoms with van der Waals surface area (Å²) >= 11 is 0. The largest absolute Gasteiger partial charge is 0.508 e. The van der Waals surface area contributed by atoms with Crippen LogP contribution in [0.15, 0.2) is 0 Å². The lowest BCUT2D eigenvalue weighted by Gasteiger charge is -2.37. The summed E-state index contributed by atoms with van der Waals surface area (Å²) < 4.78 is 10.4. The van der Waals surface area contributed by atoms with Crippen LogP contribution in [0.2, 0.25) is 0 Å². The second kappa shape index (κ2) is 9.42. The van der Waals surface area contributed by atoms with Crippen LogP contribution in [0, 0.1) is 17.8 Å². The Labute approximate surface area is 136 Å². The SMILES string of the molecule is CCCOC(=O)O[C@H]1CC[C@H]([C@H]2CC[C@H](CCC)CC2)CC1. The summed E-state index contributed by atoms with van der Waals surface area (Å²) in [6, 6.07) is 0. The van der Waals surface area contributed by atoms with Gasteiger partial charge in [-0.3, -0.25) is 0 Å². The Kier molecular flexibility index (Phi) is 7.54. The normalized spacial score (nSPS) is 32.5. The summed E-state index contributed by atoms with van der Waals surface area (Å²) in [5.74, 6) is 2.80. The Morgan fingerprint density at radius 1 is 0.864 bits per heavy atom. The summed E-state index contributed by atoms with van der Waals surface area (Å²) in [4.78, 5) is 11.5. The first-order valence-corrected chi connectivity index (χ1v) is 9.56. The van der Waals surface area contributed by atoms with E-state index in [2.05, 4.69) is 6.92 Å². The molecule has 2 aliphatic carbocycles. The van der Waals surface area contributed by atoms with Crippen LogP contribution in [-0.4, -0.2) is 18.9 Å². The van der Waals surface area contributed by atoms with Crippen LogP contribution in [0.3, 0.4) is 0 Å². The average Bonchev–Trinajstić information content (AvgIpc) is 2.55. The molecule has 0 aliphatic heterocycles. The average molecular weight is 310 g/mol. The molecule has 0 saturated heterocycles. The molecule has 0 unspecified atom stereocenters. The molecule has 0 aromatic rings.